The molecule has 2 atom stereocenters. The lowest BCUT2D eigenvalue weighted by molar-refractivity contribution is 0.0826. The molecule has 90 valence electrons. The molecule has 0 heterocycles. The van der Waals surface area contributed by atoms with Crippen molar-refractivity contribution in [1.29, 1.82) is 0 Å². The van der Waals surface area contributed by atoms with E-state index >= 15 is 0 Å². The molecule has 17 heavy (non-hydrogen) atoms. The zero-order valence-electron chi connectivity index (χ0n) is 10.4. The molecule has 2 aliphatic rings. The maximum Gasteiger partial charge on any atom is 0.119 e. The maximum atomic E-state index is 10.1. The minimum atomic E-state index is -0.215. The number of methoxy groups -OCH3 is 1. The average molecular weight is 230 g/mol. The first kappa shape index (κ1) is 10.8. The number of fused-ring (bicyclic) bond motifs is 3. The molecule has 2 nitrogen and oxygen atoms in total. The largest absolute Gasteiger partial charge is 0.497 e. The zero-order valence-corrected chi connectivity index (χ0v) is 10.4. The molecule has 3 rings (SSSR count). The summed E-state index contributed by atoms with van der Waals surface area (Å²) in [5, 5.41) is 10.1. The number of rotatable bonds is 1. The van der Waals surface area contributed by atoms with Crippen molar-refractivity contribution >= 4 is 5.57 Å². The number of ether oxygens (including phenoxy) is 1. The van der Waals surface area contributed by atoms with Gasteiger partial charge in [0.25, 0.3) is 0 Å². The van der Waals surface area contributed by atoms with Gasteiger partial charge in [-0.2, -0.15) is 0 Å². The summed E-state index contributed by atoms with van der Waals surface area (Å²) in [7, 11) is 1.70. The quantitative estimate of drug-likeness (QED) is 0.804. The topological polar surface area (TPSA) is 29.5 Å². The Balaban J connectivity index is 2.09. The molecule has 0 bridgehead atoms. The van der Waals surface area contributed by atoms with Gasteiger partial charge in [-0.05, 0) is 48.1 Å². The Morgan fingerprint density at radius 2 is 2.24 bits per heavy atom. The summed E-state index contributed by atoms with van der Waals surface area (Å²) in [6, 6.07) is 6.27. The smallest absolute Gasteiger partial charge is 0.119 e. The fraction of sp³-hybridized carbons (Fsp3) is 0.467. The summed E-state index contributed by atoms with van der Waals surface area (Å²) in [5.41, 5.74) is 3.94. The highest BCUT2D eigenvalue weighted by Crippen LogP contribution is 2.52. The van der Waals surface area contributed by atoms with Crippen molar-refractivity contribution in [2.75, 3.05) is 7.11 Å². The highest BCUT2D eigenvalue weighted by molar-refractivity contribution is 5.77. The van der Waals surface area contributed by atoms with E-state index in [0.29, 0.717) is 0 Å². The normalized spacial score (nSPS) is 30.5. The van der Waals surface area contributed by atoms with Crippen LogP contribution in [-0.4, -0.2) is 18.3 Å². The summed E-state index contributed by atoms with van der Waals surface area (Å²) < 4.78 is 5.27. The van der Waals surface area contributed by atoms with E-state index in [2.05, 4.69) is 25.1 Å². The number of hydrogen-bond acceptors (Lipinski definition) is 2. The first-order chi connectivity index (χ1) is 8.15. The number of benzene rings is 1. The van der Waals surface area contributed by atoms with Crippen LogP contribution in [0.3, 0.4) is 0 Å². The highest BCUT2D eigenvalue weighted by Gasteiger charge is 2.43. The van der Waals surface area contributed by atoms with Crippen molar-refractivity contribution < 1.29 is 9.84 Å². The van der Waals surface area contributed by atoms with Gasteiger partial charge in [-0.25, -0.2) is 0 Å². The van der Waals surface area contributed by atoms with Crippen LogP contribution >= 0.6 is 0 Å². The lowest BCUT2D eigenvalue weighted by Crippen LogP contribution is -2.32. The second-order valence-electron chi connectivity index (χ2n) is 5.31. The van der Waals surface area contributed by atoms with Gasteiger partial charge in [0.2, 0.25) is 0 Å². The monoisotopic (exact) mass is 230 g/mol. The second-order valence-corrected chi connectivity index (χ2v) is 5.31. The minimum Gasteiger partial charge on any atom is -0.497 e. The third-order valence-corrected chi connectivity index (χ3v) is 4.41. The van der Waals surface area contributed by atoms with Gasteiger partial charge in [-0.15, -0.1) is 0 Å². The van der Waals surface area contributed by atoms with Gasteiger partial charge < -0.3 is 9.84 Å². The molecule has 1 N–H and O–H groups in total. The van der Waals surface area contributed by atoms with Crippen molar-refractivity contribution in [1.82, 2.24) is 0 Å². The van der Waals surface area contributed by atoms with Crippen LogP contribution in [0.25, 0.3) is 5.57 Å². The van der Waals surface area contributed by atoms with Crippen molar-refractivity contribution in [3.63, 3.8) is 0 Å². The van der Waals surface area contributed by atoms with E-state index < -0.39 is 0 Å². The molecule has 1 aromatic carbocycles. The van der Waals surface area contributed by atoms with E-state index in [1.165, 1.54) is 16.7 Å². The molecule has 0 saturated heterocycles. The van der Waals surface area contributed by atoms with Crippen LogP contribution in [0.5, 0.6) is 5.75 Å². The zero-order chi connectivity index (χ0) is 12.0. The fourth-order valence-electron chi connectivity index (χ4n) is 3.18. The summed E-state index contributed by atoms with van der Waals surface area (Å²) in [6.45, 7) is 2.18. The van der Waals surface area contributed by atoms with Crippen LogP contribution in [0, 0.1) is 5.41 Å². The van der Waals surface area contributed by atoms with E-state index in [0.717, 1.165) is 25.0 Å². The minimum absolute atomic E-state index is 0.0401. The maximum absolute atomic E-state index is 10.1. The Hall–Kier alpha value is -1.28. The lowest BCUT2D eigenvalue weighted by Gasteiger charge is -2.37. The van der Waals surface area contributed by atoms with Gasteiger partial charge in [-0.1, -0.05) is 19.1 Å². The van der Waals surface area contributed by atoms with E-state index in [1.807, 2.05) is 6.07 Å². The van der Waals surface area contributed by atoms with Crippen LogP contribution in [0.1, 0.15) is 30.9 Å². The lowest BCUT2D eigenvalue weighted by atomic mass is 9.69. The summed E-state index contributed by atoms with van der Waals surface area (Å²) in [6.07, 6.45) is 4.83. The van der Waals surface area contributed by atoms with Crippen molar-refractivity contribution in [2.45, 2.75) is 32.3 Å². The molecule has 0 amide bonds. The van der Waals surface area contributed by atoms with E-state index in [-0.39, 0.29) is 11.5 Å². The Morgan fingerprint density at radius 1 is 1.41 bits per heavy atom. The summed E-state index contributed by atoms with van der Waals surface area (Å²) >= 11 is 0. The van der Waals surface area contributed by atoms with Crippen molar-refractivity contribution in [2.24, 2.45) is 5.41 Å². The van der Waals surface area contributed by atoms with Gasteiger partial charge in [-0.3, -0.25) is 0 Å². The molecular weight excluding hydrogens is 212 g/mol. The van der Waals surface area contributed by atoms with Crippen molar-refractivity contribution in [3.05, 3.63) is 35.4 Å². The Labute approximate surface area is 102 Å². The molecular formula is C15H18O2. The molecule has 0 aliphatic heterocycles. The standard InChI is InChI=1S/C15H18O2/c1-15-8-7-10-9-11(17-2)3-4-12(10)13(15)5-6-14(15)16/h3-5,9,14,16H,6-8H2,1-2H3/t14-,15-/m0/s1. The number of aliphatic hydroxyl groups is 1. The van der Waals surface area contributed by atoms with Crippen molar-refractivity contribution in [3.8, 4) is 5.75 Å². The second kappa shape index (κ2) is 3.61. The predicted molar refractivity (Wildman–Crippen MR) is 68.0 cm³/mol. The Bertz CT molecular complexity index is 490. The predicted octanol–water partition coefficient (Wildman–Crippen LogP) is 2.80. The number of aliphatic hydroxyl groups excluding tert-OH is 1. The molecule has 0 fully saturated rings. The van der Waals surface area contributed by atoms with Gasteiger partial charge in [0.1, 0.15) is 5.75 Å². The van der Waals surface area contributed by atoms with Crippen LogP contribution in [-0.2, 0) is 6.42 Å². The van der Waals surface area contributed by atoms with Crippen LogP contribution < -0.4 is 4.74 Å². The molecule has 0 spiro atoms. The number of aryl methyl sites for hydroxylation is 1. The molecule has 0 saturated carbocycles. The molecule has 0 radical (unpaired) electrons. The summed E-state index contributed by atoms with van der Waals surface area (Å²) in [4.78, 5) is 0. The van der Waals surface area contributed by atoms with E-state index in [9.17, 15) is 5.11 Å². The van der Waals surface area contributed by atoms with E-state index in [4.69, 9.17) is 4.74 Å². The van der Waals surface area contributed by atoms with Gasteiger partial charge in [0.15, 0.2) is 0 Å². The van der Waals surface area contributed by atoms with E-state index in [1.54, 1.807) is 7.11 Å². The Kier molecular flexibility index (Phi) is 2.30. The Morgan fingerprint density at radius 3 is 3.00 bits per heavy atom. The molecule has 2 heteroatoms. The summed E-state index contributed by atoms with van der Waals surface area (Å²) in [5.74, 6) is 0.923. The molecule has 0 aromatic heterocycles. The number of hydrogen-bond donors (Lipinski definition) is 1. The fourth-order valence-corrected chi connectivity index (χ4v) is 3.18. The van der Waals surface area contributed by atoms with Crippen LogP contribution in [0.4, 0.5) is 0 Å². The van der Waals surface area contributed by atoms with Gasteiger partial charge in [0.05, 0.1) is 13.2 Å². The third kappa shape index (κ3) is 1.44. The molecule has 2 aliphatic carbocycles. The van der Waals surface area contributed by atoms with Crippen LogP contribution in [0.15, 0.2) is 24.3 Å². The average Bonchev–Trinajstić information content (AvgIpc) is 2.65. The SMILES string of the molecule is COc1ccc2c(c1)CC[C@@]1(C)C2=CC[C@@H]1O. The molecule has 0 unspecified atom stereocenters. The molecule has 1 aromatic rings. The van der Waals surface area contributed by atoms with Crippen LogP contribution in [0.2, 0.25) is 0 Å². The highest BCUT2D eigenvalue weighted by atomic mass is 16.5. The first-order valence-corrected chi connectivity index (χ1v) is 6.21. The van der Waals surface area contributed by atoms with Gasteiger partial charge in [0, 0.05) is 5.41 Å². The van der Waals surface area contributed by atoms with Gasteiger partial charge >= 0.3 is 0 Å². The third-order valence-electron chi connectivity index (χ3n) is 4.41. The first-order valence-electron chi connectivity index (χ1n) is 6.21.